The highest BCUT2D eigenvalue weighted by molar-refractivity contribution is 6.05. The largest absolute Gasteiger partial charge is 0.326 e. The zero-order valence-electron chi connectivity index (χ0n) is 14.0. The van der Waals surface area contributed by atoms with Gasteiger partial charge in [-0.25, -0.2) is 0 Å². The molecule has 0 spiro atoms. The molecular formula is C18H22N4O3. The molecule has 25 heavy (non-hydrogen) atoms. The zero-order chi connectivity index (χ0) is 17.6. The Kier molecular flexibility index (Phi) is 4.05. The maximum atomic E-state index is 12.8. The van der Waals surface area contributed by atoms with Crippen molar-refractivity contribution in [1.29, 1.82) is 0 Å². The van der Waals surface area contributed by atoms with Gasteiger partial charge < -0.3 is 10.6 Å². The maximum Gasteiger partial charge on any atom is 0.255 e. The second kappa shape index (κ2) is 6.24. The molecular weight excluding hydrogens is 320 g/mol. The molecule has 3 N–H and O–H groups in total. The highest BCUT2D eigenvalue weighted by Gasteiger charge is 2.39. The molecule has 3 heterocycles. The molecule has 2 atom stereocenters. The number of imide groups is 1. The number of hydrogen-bond donors (Lipinski definition) is 2. The number of nitrogens with two attached hydrogens (primary N) is 1. The number of amides is 3. The predicted molar refractivity (Wildman–Crippen MR) is 90.4 cm³/mol. The molecule has 0 aromatic heterocycles. The van der Waals surface area contributed by atoms with Crippen LogP contribution in [0.25, 0.3) is 0 Å². The van der Waals surface area contributed by atoms with Crippen LogP contribution >= 0.6 is 0 Å². The van der Waals surface area contributed by atoms with E-state index in [1.54, 1.807) is 4.90 Å². The van der Waals surface area contributed by atoms with E-state index in [4.69, 9.17) is 5.73 Å². The van der Waals surface area contributed by atoms with Crippen molar-refractivity contribution in [2.45, 2.75) is 44.4 Å². The summed E-state index contributed by atoms with van der Waals surface area (Å²) in [6.07, 6.45) is 1.66. The molecule has 1 aromatic rings. The molecule has 0 bridgehead atoms. The van der Waals surface area contributed by atoms with E-state index in [1.165, 1.54) is 0 Å². The van der Waals surface area contributed by atoms with E-state index in [2.05, 4.69) is 10.2 Å². The van der Waals surface area contributed by atoms with Gasteiger partial charge in [0.15, 0.2) is 0 Å². The van der Waals surface area contributed by atoms with Gasteiger partial charge in [-0.2, -0.15) is 0 Å². The Morgan fingerprint density at radius 1 is 1.20 bits per heavy atom. The summed E-state index contributed by atoms with van der Waals surface area (Å²) in [4.78, 5) is 40.2. The lowest BCUT2D eigenvalue weighted by Crippen LogP contribution is -2.52. The van der Waals surface area contributed by atoms with E-state index in [1.807, 2.05) is 18.2 Å². The van der Waals surface area contributed by atoms with Gasteiger partial charge in [0.25, 0.3) is 5.91 Å². The quantitative estimate of drug-likeness (QED) is 0.753. The lowest BCUT2D eigenvalue weighted by Gasteiger charge is -2.29. The SMILES string of the molecule is N[C@H]1CCN(Cc2cccc3c2CN(C2CCC(=O)NC2=O)C3=O)C1. The Bertz CT molecular complexity index is 748. The number of nitrogens with zero attached hydrogens (tertiary/aromatic N) is 2. The second-order valence-electron chi connectivity index (χ2n) is 7.13. The van der Waals surface area contributed by atoms with Crippen LogP contribution in [-0.2, 0) is 22.7 Å². The zero-order valence-corrected chi connectivity index (χ0v) is 14.0. The van der Waals surface area contributed by atoms with Gasteiger partial charge in [0.2, 0.25) is 11.8 Å². The van der Waals surface area contributed by atoms with Crippen molar-refractivity contribution in [3.05, 3.63) is 34.9 Å². The van der Waals surface area contributed by atoms with Gasteiger partial charge in [-0.3, -0.25) is 24.6 Å². The van der Waals surface area contributed by atoms with Crippen molar-refractivity contribution >= 4 is 17.7 Å². The summed E-state index contributed by atoms with van der Waals surface area (Å²) in [6, 6.07) is 5.42. The van der Waals surface area contributed by atoms with Crippen molar-refractivity contribution in [3.8, 4) is 0 Å². The number of hydrogen-bond acceptors (Lipinski definition) is 5. The number of likely N-dealkylation sites (tertiary alicyclic amines) is 1. The smallest absolute Gasteiger partial charge is 0.255 e. The van der Waals surface area contributed by atoms with Crippen LogP contribution in [0, 0.1) is 0 Å². The number of carbonyl (C=O) groups excluding carboxylic acids is 3. The highest BCUT2D eigenvalue weighted by atomic mass is 16.2. The maximum absolute atomic E-state index is 12.8. The summed E-state index contributed by atoms with van der Waals surface area (Å²) >= 11 is 0. The molecule has 2 saturated heterocycles. The number of rotatable bonds is 3. The topological polar surface area (TPSA) is 95.7 Å². The first kappa shape index (κ1) is 16.2. The van der Waals surface area contributed by atoms with E-state index in [9.17, 15) is 14.4 Å². The molecule has 3 amide bonds. The molecule has 0 saturated carbocycles. The Morgan fingerprint density at radius 3 is 2.76 bits per heavy atom. The molecule has 0 aliphatic carbocycles. The number of benzene rings is 1. The third-order valence-corrected chi connectivity index (χ3v) is 5.38. The van der Waals surface area contributed by atoms with Gasteiger partial charge >= 0.3 is 0 Å². The van der Waals surface area contributed by atoms with Crippen LogP contribution in [0.1, 0.15) is 40.7 Å². The summed E-state index contributed by atoms with van der Waals surface area (Å²) in [5.41, 5.74) is 8.77. The van der Waals surface area contributed by atoms with E-state index in [0.717, 1.165) is 37.2 Å². The minimum atomic E-state index is -0.564. The fourth-order valence-electron chi connectivity index (χ4n) is 4.05. The Labute approximate surface area is 146 Å². The first-order chi connectivity index (χ1) is 12.0. The first-order valence-electron chi connectivity index (χ1n) is 8.76. The van der Waals surface area contributed by atoms with Crippen LogP contribution in [0.3, 0.4) is 0 Å². The van der Waals surface area contributed by atoms with Gasteiger partial charge in [-0.1, -0.05) is 12.1 Å². The van der Waals surface area contributed by atoms with Gasteiger partial charge in [-0.15, -0.1) is 0 Å². The monoisotopic (exact) mass is 342 g/mol. The van der Waals surface area contributed by atoms with Crippen LogP contribution in [0.2, 0.25) is 0 Å². The van der Waals surface area contributed by atoms with Crippen LogP contribution in [0.5, 0.6) is 0 Å². The fourth-order valence-corrected chi connectivity index (χ4v) is 4.05. The van der Waals surface area contributed by atoms with Crippen molar-refractivity contribution in [2.75, 3.05) is 13.1 Å². The van der Waals surface area contributed by atoms with E-state index >= 15 is 0 Å². The molecule has 132 valence electrons. The minimum Gasteiger partial charge on any atom is -0.326 e. The molecule has 7 heteroatoms. The highest BCUT2D eigenvalue weighted by Crippen LogP contribution is 2.30. The summed E-state index contributed by atoms with van der Waals surface area (Å²) in [5, 5.41) is 2.34. The molecule has 3 aliphatic rings. The minimum absolute atomic E-state index is 0.121. The average Bonchev–Trinajstić information content (AvgIpc) is 3.13. The van der Waals surface area contributed by atoms with Crippen molar-refractivity contribution in [3.63, 3.8) is 0 Å². The number of carbonyl (C=O) groups is 3. The average molecular weight is 342 g/mol. The lowest BCUT2D eigenvalue weighted by atomic mass is 10.0. The summed E-state index contributed by atoms with van der Waals surface area (Å²) in [5.74, 6) is -0.759. The van der Waals surface area contributed by atoms with Gasteiger partial charge in [-0.05, 0) is 30.0 Å². The number of piperidine rings is 1. The molecule has 3 aliphatic heterocycles. The normalized spacial score (nSPS) is 26.9. The second-order valence-corrected chi connectivity index (χ2v) is 7.13. The Hall–Kier alpha value is -2.25. The van der Waals surface area contributed by atoms with Crippen LogP contribution in [0.15, 0.2) is 18.2 Å². The Balaban J connectivity index is 1.55. The van der Waals surface area contributed by atoms with Crippen molar-refractivity contribution < 1.29 is 14.4 Å². The first-order valence-corrected chi connectivity index (χ1v) is 8.76. The van der Waals surface area contributed by atoms with Crippen molar-refractivity contribution in [1.82, 2.24) is 15.1 Å². The summed E-state index contributed by atoms with van der Waals surface area (Å²) in [7, 11) is 0. The van der Waals surface area contributed by atoms with Gasteiger partial charge in [0, 0.05) is 44.2 Å². The van der Waals surface area contributed by atoms with Crippen LogP contribution in [-0.4, -0.2) is 52.7 Å². The predicted octanol–water partition coefficient (Wildman–Crippen LogP) is -0.0194. The van der Waals surface area contributed by atoms with Crippen molar-refractivity contribution in [2.24, 2.45) is 5.73 Å². The van der Waals surface area contributed by atoms with E-state index in [0.29, 0.717) is 18.5 Å². The van der Waals surface area contributed by atoms with E-state index in [-0.39, 0.29) is 30.2 Å². The fraction of sp³-hybridized carbons (Fsp3) is 0.500. The third kappa shape index (κ3) is 2.94. The Morgan fingerprint density at radius 2 is 2.04 bits per heavy atom. The van der Waals surface area contributed by atoms with Crippen LogP contribution < -0.4 is 11.1 Å². The lowest BCUT2D eigenvalue weighted by molar-refractivity contribution is -0.136. The third-order valence-electron chi connectivity index (χ3n) is 5.38. The number of nitrogens with one attached hydrogen (secondary N) is 1. The molecule has 0 radical (unpaired) electrons. The molecule has 7 nitrogen and oxygen atoms in total. The summed E-state index contributed by atoms with van der Waals surface area (Å²) in [6.45, 7) is 3.04. The molecule has 1 aromatic carbocycles. The molecule has 1 unspecified atom stereocenters. The standard InChI is InChI=1S/C18H22N4O3/c19-12-6-7-21(9-12)8-11-2-1-3-13-14(11)10-22(18(13)25)15-4-5-16(23)20-17(15)24/h1-3,12,15H,4-10,19H2,(H,20,23,24)/t12-,15?/m0/s1. The van der Waals surface area contributed by atoms with Gasteiger partial charge in [0.1, 0.15) is 6.04 Å². The number of fused-ring (bicyclic) bond motifs is 1. The summed E-state index contributed by atoms with van der Waals surface area (Å²) < 4.78 is 0. The van der Waals surface area contributed by atoms with Crippen LogP contribution in [0.4, 0.5) is 0 Å². The van der Waals surface area contributed by atoms with Gasteiger partial charge in [0.05, 0.1) is 0 Å². The molecule has 2 fully saturated rings. The molecule has 4 rings (SSSR count). The van der Waals surface area contributed by atoms with E-state index < -0.39 is 6.04 Å².